The number of piperidine rings is 1. The lowest BCUT2D eigenvalue weighted by Crippen LogP contribution is -2.73. The molecule has 3 saturated heterocycles. The smallest absolute Gasteiger partial charge is 0.236 e. The highest BCUT2D eigenvalue weighted by atomic mass is 16.2. The molecule has 3 aliphatic heterocycles. The lowest BCUT2D eigenvalue weighted by atomic mass is 9.72. The zero-order valence-electron chi connectivity index (χ0n) is 16.6. The van der Waals surface area contributed by atoms with Crippen molar-refractivity contribution in [1.82, 2.24) is 9.80 Å². The third-order valence-corrected chi connectivity index (χ3v) is 6.76. The summed E-state index contributed by atoms with van der Waals surface area (Å²) in [5.74, 6) is 1.89. The molecule has 3 aliphatic rings. The summed E-state index contributed by atoms with van der Waals surface area (Å²) in [6.45, 7) is 13.7. The van der Waals surface area contributed by atoms with Crippen molar-refractivity contribution in [2.75, 3.05) is 50.7 Å². The van der Waals surface area contributed by atoms with Crippen molar-refractivity contribution in [3.8, 4) is 0 Å². The lowest BCUT2D eigenvalue weighted by molar-refractivity contribution is -0.138. The van der Waals surface area contributed by atoms with E-state index in [4.69, 9.17) is 0 Å². The molecule has 4 nitrogen and oxygen atoms in total. The molecule has 4 heteroatoms. The first-order chi connectivity index (χ1) is 12.4. The summed E-state index contributed by atoms with van der Waals surface area (Å²) in [4.78, 5) is 19.5. The molecule has 3 fully saturated rings. The molecule has 0 radical (unpaired) electrons. The normalized spacial score (nSPS) is 23.2. The number of aryl methyl sites for hydroxylation is 1. The average molecular weight is 356 g/mol. The number of rotatable bonds is 4. The minimum absolute atomic E-state index is 0.344. The van der Waals surface area contributed by atoms with Gasteiger partial charge in [0.2, 0.25) is 5.91 Å². The van der Waals surface area contributed by atoms with Crippen molar-refractivity contribution in [3.05, 3.63) is 29.8 Å². The molecular formula is C22H33N3O. The minimum Gasteiger partial charge on any atom is -0.370 e. The van der Waals surface area contributed by atoms with Crippen LogP contribution in [0.15, 0.2) is 24.3 Å². The first kappa shape index (κ1) is 17.8. The van der Waals surface area contributed by atoms with Crippen LogP contribution in [0, 0.1) is 24.2 Å². The maximum Gasteiger partial charge on any atom is 0.236 e. The lowest BCUT2D eigenvalue weighted by Gasteiger charge is -2.61. The van der Waals surface area contributed by atoms with E-state index < -0.39 is 0 Å². The number of anilines is 1. The fourth-order valence-electron chi connectivity index (χ4n) is 5.02. The second kappa shape index (κ2) is 6.88. The zero-order valence-corrected chi connectivity index (χ0v) is 16.6. The number of hydrogen-bond donors (Lipinski definition) is 0. The summed E-state index contributed by atoms with van der Waals surface area (Å²) in [7, 11) is 0. The van der Waals surface area contributed by atoms with Gasteiger partial charge in [0.1, 0.15) is 0 Å². The van der Waals surface area contributed by atoms with E-state index in [-0.39, 0.29) is 0 Å². The van der Waals surface area contributed by atoms with Crippen LogP contribution < -0.4 is 4.90 Å². The molecule has 0 aliphatic carbocycles. The highest BCUT2D eigenvalue weighted by molar-refractivity contribution is 5.78. The molecule has 0 bridgehead atoms. The Labute approximate surface area is 158 Å². The third kappa shape index (κ3) is 3.48. The Morgan fingerprint density at radius 1 is 1.08 bits per heavy atom. The van der Waals surface area contributed by atoms with Gasteiger partial charge in [-0.3, -0.25) is 9.69 Å². The quantitative estimate of drug-likeness (QED) is 0.831. The SMILES string of the molecule is Cc1ccc(N2CC3(CN(CC(=O)N4CCC(C(C)C)CC4)C3)C2)cc1. The Bertz CT molecular complexity index is 632. The van der Waals surface area contributed by atoms with E-state index in [0.717, 1.165) is 51.1 Å². The van der Waals surface area contributed by atoms with Gasteiger partial charge in [-0.15, -0.1) is 0 Å². The fourth-order valence-corrected chi connectivity index (χ4v) is 5.02. The first-order valence-corrected chi connectivity index (χ1v) is 10.3. The van der Waals surface area contributed by atoms with Crippen LogP contribution in [0.25, 0.3) is 0 Å². The second-order valence-corrected chi connectivity index (χ2v) is 9.30. The van der Waals surface area contributed by atoms with Gasteiger partial charge in [-0.05, 0) is 43.7 Å². The molecule has 0 aromatic heterocycles. The summed E-state index contributed by atoms with van der Waals surface area (Å²) in [5, 5.41) is 0. The van der Waals surface area contributed by atoms with Crippen molar-refractivity contribution < 1.29 is 4.79 Å². The Kier molecular flexibility index (Phi) is 4.72. The van der Waals surface area contributed by atoms with Gasteiger partial charge in [-0.1, -0.05) is 31.5 Å². The van der Waals surface area contributed by atoms with Gasteiger partial charge in [-0.2, -0.15) is 0 Å². The number of carbonyl (C=O) groups excluding carboxylic acids is 1. The van der Waals surface area contributed by atoms with E-state index in [9.17, 15) is 4.79 Å². The minimum atomic E-state index is 0.344. The third-order valence-electron chi connectivity index (χ3n) is 6.76. The summed E-state index contributed by atoms with van der Waals surface area (Å²) < 4.78 is 0. The van der Waals surface area contributed by atoms with Crippen LogP contribution in [0.4, 0.5) is 5.69 Å². The van der Waals surface area contributed by atoms with E-state index in [1.807, 2.05) is 0 Å². The van der Waals surface area contributed by atoms with Gasteiger partial charge < -0.3 is 9.80 Å². The van der Waals surface area contributed by atoms with Crippen molar-refractivity contribution in [1.29, 1.82) is 0 Å². The van der Waals surface area contributed by atoms with Gasteiger partial charge in [0.05, 0.1) is 6.54 Å². The molecule has 1 amide bonds. The average Bonchev–Trinajstić information content (AvgIpc) is 2.57. The topological polar surface area (TPSA) is 26.8 Å². The number of benzene rings is 1. The van der Waals surface area contributed by atoms with Crippen molar-refractivity contribution >= 4 is 11.6 Å². The van der Waals surface area contributed by atoms with Gasteiger partial charge >= 0.3 is 0 Å². The van der Waals surface area contributed by atoms with Gasteiger partial charge in [0, 0.05) is 50.4 Å². The molecule has 1 aromatic carbocycles. The molecule has 0 unspecified atom stereocenters. The van der Waals surface area contributed by atoms with Crippen LogP contribution in [-0.2, 0) is 4.79 Å². The van der Waals surface area contributed by atoms with Crippen LogP contribution in [0.3, 0.4) is 0 Å². The monoisotopic (exact) mass is 355 g/mol. The summed E-state index contributed by atoms with van der Waals surface area (Å²) in [6.07, 6.45) is 2.36. The first-order valence-electron chi connectivity index (χ1n) is 10.3. The summed E-state index contributed by atoms with van der Waals surface area (Å²) >= 11 is 0. The van der Waals surface area contributed by atoms with Crippen molar-refractivity contribution in [2.24, 2.45) is 17.3 Å². The largest absolute Gasteiger partial charge is 0.370 e. The molecule has 1 aromatic rings. The maximum atomic E-state index is 12.6. The van der Waals surface area contributed by atoms with Crippen LogP contribution >= 0.6 is 0 Å². The highest BCUT2D eigenvalue weighted by Gasteiger charge is 2.52. The Morgan fingerprint density at radius 2 is 1.69 bits per heavy atom. The number of likely N-dealkylation sites (tertiary alicyclic amines) is 2. The highest BCUT2D eigenvalue weighted by Crippen LogP contribution is 2.41. The number of amides is 1. The second-order valence-electron chi connectivity index (χ2n) is 9.30. The van der Waals surface area contributed by atoms with Crippen molar-refractivity contribution in [3.63, 3.8) is 0 Å². The van der Waals surface area contributed by atoms with Crippen LogP contribution in [0.5, 0.6) is 0 Å². The summed E-state index contributed by atoms with van der Waals surface area (Å²) in [6, 6.07) is 8.83. The van der Waals surface area contributed by atoms with E-state index >= 15 is 0 Å². The maximum absolute atomic E-state index is 12.6. The Hall–Kier alpha value is -1.55. The fraction of sp³-hybridized carbons (Fsp3) is 0.682. The van der Waals surface area contributed by atoms with Crippen LogP contribution in [0.2, 0.25) is 0 Å². The van der Waals surface area contributed by atoms with Crippen LogP contribution in [0.1, 0.15) is 32.3 Å². The zero-order chi connectivity index (χ0) is 18.3. The summed E-state index contributed by atoms with van der Waals surface area (Å²) in [5.41, 5.74) is 3.09. The molecule has 0 saturated carbocycles. The molecule has 4 rings (SSSR count). The van der Waals surface area contributed by atoms with E-state index in [2.05, 4.69) is 59.7 Å². The Morgan fingerprint density at radius 3 is 2.27 bits per heavy atom. The number of nitrogens with zero attached hydrogens (tertiary/aromatic N) is 3. The molecule has 0 N–H and O–H groups in total. The standard InChI is InChI=1S/C22H33N3O/c1-17(2)19-8-10-24(11-9-19)21(26)12-23-13-22(14-23)15-25(16-22)20-6-4-18(3)5-7-20/h4-7,17,19H,8-16H2,1-3H3. The Balaban J connectivity index is 1.19. The molecule has 142 valence electrons. The molecule has 1 spiro atoms. The van der Waals surface area contributed by atoms with Crippen LogP contribution in [-0.4, -0.2) is 61.5 Å². The number of hydrogen-bond acceptors (Lipinski definition) is 3. The molecular weight excluding hydrogens is 322 g/mol. The van der Waals surface area contributed by atoms with Gasteiger partial charge in [-0.25, -0.2) is 0 Å². The molecule has 26 heavy (non-hydrogen) atoms. The predicted octanol–water partition coefficient (Wildman–Crippen LogP) is 3.01. The molecule has 0 atom stereocenters. The number of carbonyl (C=O) groups is 1. The van der Waals surface area contributed by atoms with Gasteiger partial charge in [0.15, 0.2) is 0 Å². The predicted molar refractivity (Wildman–Crippen MR) is 106 cm³/mol. The van der Waals surface area contributed by atoms with E-state index in [0.29, 0.717) is 17.9 Å². The molecule has 3 heterocycles. The van der Waals surface area contributed by atoms with Gasteiger partial charge in [0.25, 0.3) is 0 Å². The van der Waals surface area contributed by atoms with E-state index in [1.54, 1.807) is 0 Å². The van der Waals surface area contributed by atoms with E-state index in [1.165, 1.54) is 24.1 Å². The van der Waals surface area contributed by atoms with Crippen molar-refractivity contribution in [2.45, 2.75) is 33.6 Å².